The predicted octanol–water partition coefficient (Wildman–Crippen LogP) is 2.81. The van der Waals surface area contributed by atoms with Gasteiger partial charge in [-0.1, -0.05) is 38.7 Å². The summed E-state index contributed by atoms with van der Waals surface area (Å²) in [7, 11) is 1.66. The molecule has 0 amide bonds. The molecule has 0 aromatic carbocycles. The van der Waals surface area contributed by atoms with Gasteiger partial charge in [-0.05, 0) is 24.3 Å². The number of hydrogen-bond donors (Lipinski definition) is 2. The zero-order chi connectivity index (χ0) is 13.7. The highest BCUT2D eigenvalue weighted by atomic mass is 16.5. The Bertz CT molecular complexity index is 397. The maximum absolute atomic E-state index is 5.84. The molecule has 0 radical (unpaired) electrons. The van der Waals surface area contributed by atoms with E-state index in [9.17, 15) is 0 Å². The largest absolute Gasteiger partial charge is 0.481 e. The van der Waals surface area contributed by atoms with Gasteiger partial charge in [-0.2, -0.15) is 0 Å². The fourth-order valence-electron chi connectivity index (χ4n) is 3.44. The highest BCUT2D eigenvalue weighted by Gasteiger charge is 2.32. The minimum absolute atomic E-state index is 0.133. The minimum atomic E-state index is 0.133. The summed E-state index contributed by atoms with van der Waals surface area (Å²) in [4.78, 5) is 4.29. The van der Waals surface area contributed by atoms with Crippen molar-refractivity contribution in [2.45, 2.75) is 45.1 Å². The Morgan fingerprint density at radius 1 is 1.47 bits per heavy atom. The van der Waals surface area contributed by atoms with Crippen molar-refractivity contribution in [2.24, 2.45) is 17.7 Å². The zero-order valence-corrected chi connectivity index (χ0v) is 11.9. The lowest BCUT2D eigenvalue weighted by Gasteiger charge is -2.37. The van der Waals surface area contributed by atoms with Gasteiger partial charge in [-0.25, -0.2) is 4.98 Å². The predicted molar refractivity (Wildman–Crippen MR) is 76.6 cm³/mol. The van der Waals surface area contributed by atoms with E-state index in [1.54, 1.807) is 13.3 Å². The van der Waals surface area contributed by atoms with E-state index < -0.39 is 0 Å². The Balaban J connectivity index is 2.27. The standard InChI is InChI=1S/C15H25N3O/c1-3-11-7-4-5-8-12(11)14(18-16)13-9-6-10-17-15(13)19-2/h6,9-12,14,18H,3-5,7-8,16H2,1-2H3. The SMILES string of the molecule is CCC1CCCCC1C(NN)c1cccnc1OC. The number of hydrazine groups is 1. The molecule has 1 fully saturated rings. The number of methoxy groups -OCH3 is 1. The highest BCUT2D eigenvalue weighted by molar-refractivity contribution is 5.29. The number of aromatic nitrogens is 1. The van der Waals surface area contributed by atoms with Gasteiger partial charge in [-0.15, -0.1) is 0 Å². The van der Waals surface area contributed by atoms with E-state index in [4.69, 9.17) is 10.6 Å². The number of nitrogens with one attached hydrogen (secondary N) is 1. The molecule has 3 N–H and O–H groups in total. The summed E-state index contributed by atoms with van der Waals surface area (Å²) in [6.45, 7) is 2.27. The number of nitrogens with two attached hydrogens (primary N) is 1. The van der Waals surface area contributed by atoms with Gasteiger partial charge in [0.1, 0.15) is 0 Å². The van der Waals surface area contributed by atoms with Crippen molar-refractivity contribution in [3.8, 4) is 5.88 Å². The normalized spacial score (nSPS) is 25.0. The van der Waals surface area contributed by atoms with Crippen LogP contribution in [0.2, 0.25) is 0 Å². The maximum atomic E-state index is 5.84. The summed E-state index contributed by atoms with van der Waals surface area (Å²) in [6.07, 6.45) is 8.14. The second kappa shape index (κ2) is 6.87. The van der Waals surface area contributed by atoms with Gasteiger partial charge in [0.15, 0.2) is 0 Å². The lowest BCUT2D eigenvalue weighted by molar-refractivity contribution is 0.173. The Hall–Kier alpha value is -1.13. The number of hydrogen-bond acceptors (Lipinski definition) is 4. The molecule has 0 aliphatic heterocycles. The molecule has 106 valence electrons. The second-order valence-corrected chi connectivity index (χ2v) is 5.36. The molecule has 1 aliphatic rings. The van der Waals surface area contributed by atoms with E-state index >= 15 is 0 Å². The van der Waals surface area contributed by atoms with Crippen LogP contribution < -0.4 is 16.0 Å². The van der Waals surface area contributed by atoms with E-state index in [1.165, 1.54) is 32.1 Å². The molecule has 1 heterocycles. The van der Waals surface area contributed by atoms with Gasteiger partial charge in [0.05, 0.1) is 13.2 Å². The van der Waals surface area contributed by atoms with E-state index in [2.05, 4.69) is 23.4 Å². The third-order valence-electron chi connectivity index (χ3n) is 4.43. The summed E-state index contributed by atoms with van der Waals surface area (Å²) < 4.78 is 5.38. The van der Waals surface area contributed by atoms with Gasteiger partial charge >= 0.3 is 0 Å². The van der Waals surface area contributed by atoms with E-state index in [1.807, 2.05) is 6.07 Å². The average Bonchev–Trinajstić information content (AvgIpc) is 2.49. The van der Waals surface area contributed by atoms with Crippen LogP contribution in [-0.2, 0) is 0 Å². The molecule has 3 unspecified atom stereocenters. The summed E-state index contributed by atoms with van der Waals surface area (Å²) >= 11 is 0. The molecule has 2 rings (SSSR count). The molecular formula is C15H25N3O. The van der Waals surface area contributed by atoms with Crippen molar-refractivity contribution in [1.29, 1.82) is 0 Å². The topological polar surface area (TPSA) is 60.2 Å². The minimum Gasteiger partial charge on any atom is -0.481 e. The number of ether oxygens (including phenoxy) is 1. The van der Waals surface area contributed by atoms with Crippen LogP contribution >= 0.6 is 0 Å². The summed E-state index contributed by atoms with van der Waals surface area (Å²) in [5.41, 5.74) is 4.09. The van der Waals surface area contributed by atoms with Gasteiger partial charge in [0, 0.05) is 11.8 Å². The zero-order valence-electron chi connectivity index (χ0n) is 11.9. The summed E-state index contributed by atoms with van der Waals surface area (Å²) in [6, 6.07) is 4.15. The Morgan fingerprint density at radius 3 is 2.95 bits per heavy atom. The third-order valence-corrected chi connectivity index (χ3v) is 4.43. The van der Waals surface area contributed by atoms with Crippen LogP contribution in [0.3, 0.4) is 0 Å². The smallest absolute Gasteiger partial charge is 0.217 e. The van der Waals surface area contributed by atoms with Crippen molar-refractivity contribution in [3.63, 3.8) is 0 Å². The van der Waals surface area contributed by atoms with Gasteiger partial charge in [0.25, 0.3) is 0 Å². The first-order valence-corrected chi connectivity index (χ1v) is 7.26. The Labute approximate surface area is 115 Å². The lowest BCUT2D eigenvalue weighted by Crippen LogP contribution is -2.38. The Kier molecular flexibility index (Phi) is 5.16. The van der Waals surface area contributed by atoms with Crippen molar-refractivity contribution in [3.05, 3.63) is 23.9 Å². The number of nitrogens with zero attached hydrogens (tertiary/aromatic N) is 1. The first kappa shape index (κ1) is 14.3. The van der Waals surface area contributed by atoms with Crippen molar-refractivity contribution in [1.82, 2.24) is 10.4 Å². The van der Waals surface area contributed by atoms with Gasteiger partial charge < -0.3 is 4.74 Å². The van der Waals surface area contributed by atoms with Crippen LogP contribution in [0.25, 0.3) is 0 Å². The van der Waals surface area contributed by atoms with Crippen molar-refractivity contribution < 1.29 is 4.74 Å². The first-order chi connectivity index (χ1) is 9.31. The van der Waals surface area contributed by atoms with Crippen LogP contribution in [-0.4, -0.2) is 12.1 Å². The molecule has 1 aromatic rings. The third kappa shape index (κ3) is 3.07. The molecular weight excluding hydrogens is 238 g/mol. The summed E-state index contributed by atoms with van der Waals surface area (Å²) in [5, 5.41) is 0. The lowest BCUT2D eigenvalue weighted by atomic mass is 9.72. The fraction of sp³-hybridized carbons (Fsp3) is 0.667. The van der Waals surface area contributed by atoms with Crippen LogP contribution in [0, 0.1) is 11.8 Å². The molecule has 1 saturated carbocycles. The van der Waals surface area contributed by atoms with Crippen LogP contribution in [0.5, 0.6) is 5.88 Å². The average molecular weight is 263 g/mol. The van der Waals surface area contributed by atoms with Crippen LogP contribution in [0.15, 0.2) is 18.3 Å². The molecule has 19 heavy (non-hydrogen) atoms. The first-order valence-electron chi connectivity index (χ1n) is 7.26. The molecule has 0 spiro atoms. The van der Waals surface area contributed by atoms with Gasteiger partial charge in [0.2, 0.25) is 5.88 Å². The van der Waals surface area contributed by atoms with E-state index in [-0.39, 0.29) is 6.04 Å². The van der Waals surface area contributed by atoms with E-state index in [0.29, 0.717) is 11.8 Å². The number of pyridine rings is 1. The second-order valence-electron chi connectivity index (χ2n) is 5.36. The molecule has 1 aromatic heterocycles. The molecule has 1 aliphatic carbocycles. The van der Waals surface area contributed by atoms with E-state index in [0.717, 1.165) is 11.5 Å². The molecule has 4 nitrogen and oxygen atoms in total. The number of rotatable bonds is 5. The molecule has 3 atom stereocenters. The molecule has 4 heteroatoms. The van der Waals surface area contributed by atoms with Crippen molar-refractivity contribution in [2.75, 3.05) is 7.11 Å². The van der Waals surface area contributed by atoms with Crippen LogP contribution in [0.1, 0.15) is 50.6 Å². The van der Waals surface area contributed by atoms with Gasteiger partial charge in [-0.3, -0.25) is 11.3 Å². The summed E-state index contributed by atoms with van der Waals surface area (Å²) in [5.74, 6) is 7.84. The van der Waals surface area contributed by atoms with Crippen LogP contribution in [0.4, 0.5) is 0 Å². The quantitative estimate of drug-likeness (QED) is 0.633. The molecule has 0 bridgehead atoms. The molecule has 0 saturated heterocycles. The maximum Gasteiger partial charge on any atom is 0.217 e. The van der Waals surface area contributed by atoms with Crippen molar-refractivity contribution >= 4 is 0 Å². The Morgan fingerprint density at radius 2 is 2.26 bits per heavy atom. The highest BCUT2D eigenvalue weighted by Crippen LogP contribution is 2.41. The fourth-order valence-corrected chi connectivity index (χ4v) is 3.44. The monoisotopic (exact) mass is 263 g/mol.